The third-order valence-electron chi connectivity index (χ3n) is 4.72. The maximum absolute atomic E-state index is 13.0. The standard InChI is InChI=1S/C23H22N6O2/c1-15(2)29-22-19(13-26-29)18(11-20(28-22)16-7-4-3-5-8-16)23(31)25-14-21(30)27-17-9-6-10-24-12-17/h3-13,15H,14H2,1-2H3,(H,25,31)(H,27,30). The lowest BCUT2D eigenvalue weighted by atomic mass is 10.1. The van der Waals surface area contributed by atoms with Crippen LogP contribution in [0.15, 0.2) is 67.1 Å². The van der Waals surface area contributed by atoms with Crippen molar-refractivity contribution in [3.8, 4) is 11.3 Å². The number of aromatic nitrogens is 4. The highest BCUT2D eigenvalue weighted by Crippen LogP contribution is 2.26. The monoisotopic (exact) mass is 414 g/mol. The zero-order valence-corrected chi connectivity index (χ0v) is 17.2. The maximum atomic E-state index is 13.0. The summed E-state index contributed by atoms with van der Waals surface area (Å²) in [6.45, 7) is 3.84. The second-order valence-electron chi connectivity index (χ2n) is 7.31. The lowest BCUT2D eigenvalue weighted by molar-refractivity contribution is -0.115. The molecule has 0 atom stereocenters. The molecule has 8 heteroatoms. The minimum atomic E-state index is -0.366. The van der Waals surface area contributed by atoms with Crippen molar-refractivity contribution in [1.29, 1.82) is 0 Å². The zero-order chi connectivity index (χ0) is 21.8. The fourth-order valence-electron chi connectivity index (χ4n) is 3.24. The Morgan fingerprint density at radius 1 is 1.06 bits per heavy atom. The van der Waals surface area contributed by atoms with E-state index >= 15 is 0 Å². The molecule has 0 radical (unpaired) electrons. The number of pyridine rings is 2. The first kappa shape index (κ1) is 20.2. The third kappa shape index (κ3) is 4.42. The van der Waals surface area contributed by atoms with Crippen molar-refractivity contribution in [3.63, 3.8) is 0 Å². The number of rotatable bonds is 6. The molecule has 0 bridgehead atoms. The molecular formula is C23H22N6O2. The Balaban J connectivity index is 1.62. The van der Waals surface area contributed by atoms with Gasteiger partial charge in [0.05, 0.1) is 41.3 Å². The van der Waals surface area contributed by atoms with E-state index < -0.39 is 0 Å². The molecule has 0 fully saturated rings. The first-order chi connectivity index (χ1) is 15.0. The zero-order valence-electron chi connectivity index (χ0n) is 17.2. The molecule has 1 aromatic carbocycles. The summed E-state index contributed by atoms with van der Waals surface area (Å²) in [5, 5.41) is 10.4. The van der Waals surface area contributed by atoms with Crippen molar-refractivity contribution in [2.75, 3.05) is 11.9 Å². The van der Waals surface area contributed by atoms with Gasteiger partial charge < -0.3 is 10.6 Å². The van der Waals surface area contributed by atoms with Gasteiger partial charge in [0.15, 0.2) is 5.65 Å². The molecule has 4 aromatic rings. The predicted octanol–water partition coefficient (Wildman–Crippen LogP) is 3.44. The summed E-state index contributed by atoms with van der Waals surface area (Å²) in [7, 11) is 0. The predicted molar refractivity (Wildman–Crippen MR) is 119 cm³/mol. The molecule has 0 aliphatic heterocycles. The number of hydrogen-bond acceptors (Lipinski definition) is 5. The molecule has 8 nitrogen and oxygen atoms in total. The van der Waals surface area contributed by atoms with Gasteiger partial charge in [-0.05, 0) is 32.0 Å². The quantitative estimate of drug-likeness (QED) is 0.503. The molecule has 2 amide bonds. The van der Waals surface area contributed by atoms with Crippen LogP contribution in [0.3, 0.4) is 0 Å². The molecule has 2 N–H and O–H groups in total. The van der Waals surface area contributed by atoms with Crippen molar-refractivity contribution >= 4 is 28.5 Å². The molecule has 0 spiro atoms. The molecule has 0 aliphatic rings. The van der Waals surface area contributed by atoms with Gasteiger partial charge in [-0.2, -0.15) is 5.10 Å². The second-order valence-corrected chi connectivity index (χ2v) is 7.31. The second kappa shape index (κ2) is 8.74. The molecule has 0 saturated carbocycles. The normalized spacial score (nSPS) is 10.9. The average Bonchev–Trinajstić information content (AvgIpc) is 3.22. The summed E-state index contributed by atoms with van der Waals surface area (Å²) in [4.78, 5) is 33.9. The first-order valence-corrected chi connectivity index (χ1v) is 9.94. The van der Waals surface area contributed by atoms with Gasteiger partial charge in [0.1, 0.15) is 0 Å². The van der Waals surface area contributed by atoms with Gasteiger partial charge in [-0.25, -0.2) is 9.67 Å². The number of amides is 2. The maximum Gasteiger partial charge on any atom is 0.252 e. The highest BCUT2D eigenvalue weighted by molar-refractivity contribution is 6.08. The fourth-order valence-corrected chi connectivity index (χ4v) is 3.24. The van der Waals surface area contributed by atoms with Crippen molar-refractivity contribution in [1.82, 2.24) is 25.1 Å². The van der Waals surface area contributed by atoms with E-state index in [0.29, 0.717) is 28.0 Å². The van der Waals surface area contributed by atoms with E-state index in [9.17, 15) is 9.59 Å². The molecule has 3 aromatic heterocycles. The van der Waals surface area contributed by atoms with Crippen LogP contribution >= 0.6 is 0 Å². The Morgan fingerprint density at radius 2 is 1.87 bits per heavy atom. The van der Waals surface area contributed by atoms with Crippen molar-refractivity contribution in [2.24, 2.45) is 0 Å². The van der Waals surface area contributed by atoms with Gasteiger partial charge in [0, 0.05) is 17.8 Å². The van der Waals surface area contributed by atoms with E-state index in [1.54, 1.807) is 41.5 Å². The molecule has 0 unspecified atom stereocenters. The van der Waals surface area contributed by atoms with E-state index in [0.717, 1.165) is 5.56 Å². The number of hydrogen-bond donors (Lipinski definition) is 2. The summed E-state index contributed by atoms with van der Waals surface area (Å²) in [5.41, 5.74) is 3.17. The van der Waals surface area contributed by atoms with Gasteiger partial charge in [0.25, 0.3) is 5.91 Å². The minimum absolute atomic E-state index is 0.0807. The Kier molecular flexibility index (Phi) is 5.70. The van der Waals surface area contributed by atoms with Crippen LogP contribution in [0.25, 0.3) is 22.3 Å². The molecule has 0 aliphatic carbocycles. The first-order valence-electron chi connectivity index (χ1n) is 9.94. The SMILES string of the molecule is CC(C)n1ncc2c(C(=O)NCC(=O)Nc3cccnc3)cc(-c3ccccc3)nc21. The van der Waals surface area contributed by atoms with Crippen LogP contribution in [0.2, 0.25) is 0 Å². The number of nitrogens with zero attached hydrogens (tertiary/aromatic N) is 4. The number of benzene rings is 1. The van der Waals surface area contributed by atoms with Gasteiger partial charge in [-0.3, -0.25) is 14.6 Å². The summed E-state index contributed by atoms with van der Waals surface area (Å²) < 4.78 is 1.79. The minimum Gasteiger partial charge on any atom is -0.343 e. The topological polar surface area (TPSA) is 102 Å². The van der Waals surface area contributed by atoms with E-state index in [4.69, 9.17) is 4.98 Å². The van der Waals surface area contributed by atoms with Gasteiger partial charge in [0.2, 0.25) is 5.91 Å². The van der Waals surface area contributed by atoms with Crippen LogP contribution in [0, 0.1) is 0 Å². The van der Waals surface area contributed by atoms with Gasteiger partial charge >= 0.3 is 0 Å². The highest BCUT2D eigenvalue weighted by Gasteiger charge is 2.19. The Morgan fingerprint density at radius 3 is 2.58 bits per heavy atom. The average molecular weight is 414 g/mol. The lowest BCUT2D eigenvalue weighted by Crippen LogP contribution is -2.33. The fraction of sp³-hybridized carbons (Fsp3) is 0.174. The Hall–Kier alpha value is -4.07. The summed E-state index contributed by atoms with van der Waals surface area (Å²) in [6, 6.07) is 14.9. The van der Waals surface area contributed by atoms with Crippen LogP contribution in [0.4, 0.5) is 5.69 Å². The Labute approximate surface area is 179 Å². The lowest BCUT2D eigenvalue weighted by Gasteiger charge is -2.11. The molecular weight excluding hydrogens is 392 g/mol. The molecule has 4 rings (SSSR count). The van der Waals surface area contributed by atoms with Crippen LogP contribution in [-0.2, 0) is 4.79 Å². The third-order valence-corrected chi connectivity index (χ3v) is 4.72. The number of anilines is 1. The molecule has 0 saturated heterocycles. The molecule has 3 heterocycles. The Bertz CT molecular complexity index is 1220. The number of carbonyl (C=O) groups is 2. The van der Waals surface area contributed by atoms with Gasteiger partial charge in [-0.1, -0.05) is 30.3 Å². The molecule has 156 valence electrons. The van der Waals surface area contributed by atoms with E-state index in [-0.39, 0.29) is 24.4 Å². The van der Waals surface area contributed by atoms with Crippen LogP contribution < -0.4 is 10.6 Å². The van der Waals surface area contributed by atoms with Crippen molar-refractivity contribution < 1.29 is 9.59 Å². The van der Waals surface area contributed by atoms with Gasteiger partial charge in [-0.15, -0.1) is 0 Å². The van der Waals surface area contributed by atoms with E-state index in [1.807, 2.05) is 44.2 Å². The smallest absolute Gasteiger partial charge is 0.252 e. The summed E-state index contributed by atoms with van der Waals surface area (Å²) >= 11 is 0. The van der Waals surface area contributed by atoms with Crippen molar-refractivity contribution in [2.45, 2.75) is 19.9 Å². The van der Waals surface area contributed by atoms with Crippen LogP contribution in [-0.4, -0.2) is 38.1 Å². The highest BCUT2D eigenvalue weighted by atomic mass is 16.2. The van der Waals surface area contributed by atoms with Crippen LogP contribution in [0.1, 0.15) is 30.2 Å². The summed E-state index contributed by atoms with van der Waals surface area (Å²) in [5.74, 6) is -0.706. The van der Waals surface area contributed by atoms with E-state index in [1.165, 1.54) is 0 Å². The number of fused-ring (bicyclic) bond motifs is 1. The number of nitrogens with one attached hydrogen (secondary N) is 2. The summed E-state index contributed by atoms with van der Waals surface area (Å²) in [6.07, 6.45) is 4.80. The largest absolute Gasteiger partial charge is 0.343 e. The van der Waals surface area contributed by atoms with Crippen molar-refractivity contribution in [3.05, 3.63) is 72.7 Å². The number of carbonyl (C=O) groups excluding carboxylic acids is 2. The molecule has 31 heavy (non-hydrogen) atoms. The van der Waals surface area contributed by atoms with Crippen LogP contribution in [0.5, 0.6) is 0 Å². The van der Waals surface area contributed by atoms with E-state index in [2.05, 4.69) is 20.7 Å².